The SMILES string of the molecule is [CH2]CCc1ccc(-c2ccccc2C)cc1C. The van der Waals surface area contributed by atoms with E-state index in [1.165, 1.54) is 27.8 Å². The van der Waals surface area contributed by atoms with Crippen LogP contribution in [0.2, 0.25) is 0 Å². The third kappa shape index (κ3) is 2.58. The maximum absolute atomic E-state index is 3.92. The van der Waals surface area contributed by atoms with Crippen LogP contribution in [-0.4, -0.2) is 0 Å². The van der Waals surface area contributed by atoms with Gasteiger partial charge in [0, 0.05) is 0 Å². The van der Waals surface area contributed by atoms with Gasteiger partial charge in [0.05, 0.1) is 0 Å². The van der Waals surface area contributed by atoms with E-state index < -0.39 is 0 Å². The minimum absolute atomic E-state index is 0.963. The Morgan fingerprint density at radius 1 is 0.941 bits per heavy atom. The van der Waals surface area contributed by atoms with Crippen molar-refractivity contribution in [3.8, 4) is 11.1 Å². The van der Waals surface area contributed by atoms with Gasteiger partial charge in [0.2, 0.25) is 0 Å². The molecule has 0 spiro atoms. The Morgan fingerprint density at radius 2 is 1.71 bits per heavy atom. The first kappa shape index (κ1) is 11.9. The Balaban J connectivity index is 2.41. The third-order valence-corrected chi connectivity index (χ3v) is 3.24. The zero-order valence-corrected chi connectivity index (χ0v) is 10.7. The number of benzene rings is 2. The van der Waals surface area contributed by atoms with Crippen molar-refractivity contribution in [2.75, 3.05) is 0 Å². The van der Waals surface area contributed by atoms with Crippen LogP contribution in [0.25, 0.3) is 11.1 Å². The van der Waals surface area contributed by atoms with Crippen LogP contribution in [0.5, 0.6) is 0 Å². The lowest BCUT2D eigenvalue weighted by atomic mass is 9.95. The fourth-order valence-electron chi connectivity index (χ4n) is 2.23. The standard InChI is InChI=1S/C17H19/c1-4-7-15-10-11-16(12-14(15)3)17-9-6-5-8-13(17)2/h5-6,8-12H,1,4,7H2,2-3H3. The first-order chi connectivity index (χ1) is 8.22. The molecule has 0 unspecified atom stereocenters. The van der Waals surface area contributed by atoms with Crippen molar-refractivity contribution in [1.29, 1.82) is 0 Å². The van der Waals surface area contributed by atoms with E-state index in [-0.39, 0.29) is 0 Å². The van der Waals surface area contributed by atoms with Gasteiger partial charge < -0.3 is 0 Å². The van der Waals surface area contributed by atoms with Crippen LogP contribution in [0.4, 0.5) is 0 Å². The summed E-state index contributed by atoms with van der Waals surface area (Å²) in [5, 5.41) is 0. The highest BCUT2D eigenvalue weighted by atomic mass is 14.1. The van der Waals surface area contributed by atoms with Gasteiger partial charge in [-0.3, -0.25) is 0 Å². The molecule has 0 aliphatic rings. The van der Waals surface area contributed by atoms with Crippen molar-refractivity contribution in [3.05, 3.63) is 66.1 Å². The molecule has 0 atom stereocenters. The van der Waals surface area contributed by atoms with E-state index in [1.54, 1.807) is 0 Å². The molecule has 0 aliphatic carbocycles. The summed E-state index contributed by atoms with van der Waals surface area (Å²) in [4.78, 5) is 0. The molecule has 0 aliphatic heterocycles. The molecule has 2 aromatic carbocycles. The van der Waals surface area contributed by atoms with E-state index in [4.69, 9.17) is 0 Å². The lowest BCUT2D eigenvalue weighted by Crippen LogP contribution is -1.90. The first-order valence-electron chi connectivity index (χ1n) is 6.17. The minimum atomic E-state index is 0.963. The van der Waals surface area contributed by atoms with Gasteiger partial charge in [-0.2, -0.15) is 0 Å². The first-order valence-corrected chi connectivity index (χ1v) is 6.17. The molecule has 0 saturated heterocycles. The number of rotatable bonds is 3. The van der Waals surface area contributed by atoms with Gasteiger partial charge in [0.25, 0.3) is 0 Å². The van der Waals surface area contributed by atoms with Crippen LogP contribution in [-0.2, 0) is 6.42 Å². The van der Waals surface area contributed by atoms with Crippen LogP contribution < -0.4 is 0 Å². The molecular formula is C17H19. The molecule has 0 nitrogen and oxygen atoms in total. The predicted molar refractivity (Wildman–Crippen MR) is 75.0 cm³/mol. The van der Waals surface area contributed by atoms with Crippen molar-refractivity contribution in [2.24, 2.45) is 0 Å². The van der Waals surface area contributed by atoms with Gasteiger partial charge in [0.1, 0.15) is 0 Å². The van der Waals surface area contributed by atoms with E-state index in [9.17, 15) is 0 Å². The molecule has 0 heterocycles. The summed E-state index contributed by atoms with van der Waals surface area (Å²) >= 11 is 0. The minimum Gasteiger partial charge on any atom is -0.0620 e. The summed E-state index contributed by atoms with van der Waals surface area (Å²) in [6.45, 7) is 8.27. The lowest BCUT2D eigenvalue weighted by molar-refractivity contribution is 0.985. The molecule has 0 saturated carbocycles. The molecule has 2 aromatic rings. The maximum atomic E-state index is 3.92. The number of hydrogen-bond acceptors (Lipinski definition) is 0. The largest absolute Gasteiger partial charge is 0.0620 e. The Bertz CT molecular complexity index is 509. The molecule has 17 heavy (non-hydrogen) atoms. The normalized spacial score (nSPS) is 10.5. The molecule has 0 heteroatoms. The van der Waals surface area contributed by atoms with Crippen molar-refractivity contribution in [2.45, 2.75) is 26.7 Å². The van der Waals surface area contributed by atoms with Crippen molar-refractivity contribution in [3.63, 3.8) is 0 Å². The average Bonchev–Trinajstić information content (AvgIpc) is 2.33. The second-order valence-electron chi connectivity index (χ2n) is 4.56. The van der Waals surface area contributed by atoms with Gasteiger partial charge in [0.15, 0.2) is 0 Å². The van der Waals surface area contributed by atoms with Crippen LogP contribution >= 0.6 is 0 Å². The summed E-state index contributed by atoms with van der Waals surface area (Å²) in [5.74, 6) is 0. The van der Waals surface area contributed by atoms with E-state index in [0.29, 0.717) is 0 Å². The summed E-state index contributed by atoms with van der Waals surface area (Å²) in [6.07, 6.45) is 2.03. The average molecular weight is 223 g/mol. The van der Waals surface area contributed by atoms with Gasteiger partial charge in [-0.05, 0) is 54.5 Å². The second-order valence-corrected chi connectivity index (χ2v) is 4.56. The van der Waals surface area contributed by atoms with Crippen LogP contribution in [0.1, 0.15) is 23.1 Å². The summed E-state index contributed by atoms with van der Waals surface area (Å²) in [6, 6.07) is 15.3. The van der Waals surface area contributed by atoms with Crippen LogP contribution in [0.15, 0.2) is 42.5 Å². The van der Waals surface area contributed by atoms with Gasteiger partial charge in [-0.25, -0.2) is 0 Å². The number of aryl methyl sites for hydroxylation is 3. The smallest absolute Gasteiger partial charge is 0.0155 e. The Kier molecular flexibility index (Phi) is 3.63. The lowest BCUT2D eigenvalue weighted by Gasteiger charge is -2.10. The maximum Gasteiger partial charge on any atom is -0.0155 e. The van der Waals surface area contributed by atoms with E-state index in [0.717, 1.165) is 12.8 Å². The molecule has 0 fully saturated rings. The highest BCUT2D eigenvalue weighted by Gasteiger charge is 2.03. The Morgan fingerprint density at radius 3 is 2.35 bits per heavy atom. The molecule has 0 amide bonds. The highest BCUT2D eigenvalue weighted by molar-refractivity contribution is 5.68. The fraction of sp³-hybridized carbons (Fsp3) is 0.235. The quantitative estimate of drug-likeness (QED) is 0.705. The topological polar surface area (TPSA) is 0 Å². The monoisotopic (exact) mass is 223 g/mol. The van der Waals surface area contributed by atoms with E-state index in [1.807, 2.05) is 0 Å². The molecule has 1 radical (unpaired) electrons. The Labute approximate surface area is 104 Å². The molecule has 87 valence electrons. The fourth-order valence-corrected chi connectivity index (χ4v) is 2.23. The highest BCUT2D eigenvalue weighted by Crippen LogP contribution is 2.25. The molecule has 0 N–H and O–H groups in total. The summed E-state index contributed by atoms with van der Waals surface area (Å²) < 4.78 is 0. The van der Waals surface area contributed by atoms with Crippen molar-refractivity contribution < 1.29 is 0 Å². The van der Waals surface area contributed by atoms with Crippen LogP contribution in [0.3, 0.4) is 0 Å². The predicted octanol–water partition coefficient (Wildman–Crippen LogP) is 4.74. The molecule has 0 bridgehead atoms. The third-order valence-electron chi connectivity index (χ3n) is 3.24. The zero-order chi connectivity index (χ0) is 12.3. The Hall–Kier alpha value is -1.56. The van der Waals surface area contributed by atoms with E-state index in [2.05, 4.69) is 63.2 Å². The number of hydrogen-bond donors (Lipinski definition) is 0. The van der Waals surface area contributed by atoms with E-state index >= 15 is 0 Å². The van der Waals surface area contributed by atoms with Gasteiger partial charge in [-0.1, -0.05) is 49.4 Å². The zero-order valence-electron chi connectivity index (χ0n) is 10.7. The van der Waals surface area contributed by atoms with Crippen molar-refractivity contribution >= 4 is 0 Å². The van der Waals surface area contributed by atoms with Gasteiger partial charge in [-0.15, -0.1) is 0 Å². The molecule has 0 aromatic heterocycles. The molecule has 2 rings (SSSR count). The molecular weight excluding hydrogens is 204 g/mol. The van der Waals surface area contributed by atoms with Gasteiger partial charge >= 0.3 is 0 Å². The van der Waals surface area contributed by atoms with Crippen molar-refractivity contribution in [1.82, 2.24) is 0 Å². The second kappa shape index (κ2) is 5.18. The summed E-state index contributed by atoms with van der Waals surface area (Å²) in [7, 11) is 0. The van der Waals surface area contributed by atoms with Crippen LogP contribution in [0, 0.1) is 20.8 Å². The summed E-state index contributed by atoms with van der Waals surface area (Å²) in [5.41, 5.74) is 6.76.